The van der Waals surface area contributed by atoms with Crippen LogP contribution in [0.2, 0.25) is 6.32 Å². The van der Waals surface area contributed by atoms with Gasteiger partial charge < -0.3 is 19.8 Å². The minimum Gasteiger partial charge on any atom is -0.466 e. The van der Waals surface area contributed by atoms with Crippen molar-refractivity contribution in [3.8, 4) is 0 Å². The standard InChI is InChI=1S/C17H32BNO4/c1-6-21-14(20)17(12-19)9-7-13(11-17)8-10-18-22-15(2,3)16(4,5)23-18/h13H,6-12,19H2,1-5H3. The third-order valence-corrected chi connectivity index (χ3v) is 5.92. The maximum absolute atomic E-state index is 12.2. The average Bonchev–Trinajstić information content (AvgIpc) is 2.97. The molecule has 2 unspecified atom stereocenters. The summed E-state index contributed by atoms with van der Waals surface area (Å²) in [6, 6.07) is 0. The van der Waals surface area contributed by atoms with Crippen LogP contribution >= 0.6 is 0 Å². The fourth-order valence-corrected chi connectivity index (χ4v) is 3.68. The second kappa shape index (κ2) is 6.73. The molecule has 1 heterocycles. The molecule has 2 rings (SSSR count). The molecule has 1 saturated carbocycles. The molecule has 0 aromatic carbocycles. The molecule has 1 aliphatic carbocycles. The molecule has 0 aromatic rings. The largest absolute Gasteiger partial charge is 0.466 e. The first-order valence-corrected chi connectivity index (χ1v) is 8.89. The van der Waals surface area contributed by atoms with Gasteiger partial charge in [-0.25, -0.2) is 0 Å². The molecule has 132 valence electrons. The topological polar surface area (TPSA) is 70.8 Å². The van der Waals surface area contributed by atoms with Gasteiger partial charge in [-0.1, -0.05) is 6.42 Å². The molecule has 0 radical (unpaired) electrons. The number of hydrogen-bond donors (Lipinski definition) is 1. The molecular formula is C17H32BNO4. The smallest absolute Gasteiger partial charge is 0.457 e. The van der Waals surface area contributed by atoms with Crippen LogP contribution in [0.15, 0.2) is 0 Å². The van der Waals surface area contributed by atoms with Crippen LogP contribution in [0.4, 0.5) is 0 Å². The van der Waals surface area contributed by atoms with Crippen molar-refractivity contribution in [3.05, 3.63) is 0 Å². The van der Waals surface area contributed by atoms with Crippen LogP contribution in [0.1, 0.15) is 60.3 Å². The molecule has 2 atom stereocenters. The molecule has 2 aliphatic rings. The summed E-state index contributed by atoms with van der Waals surface area (Å²) in [7, 11) is -0.157. The van der Waals surface area contributed by atoms with Gasteiger partial charge in [0.05, 0.1) is 23.2 Å². The number of ether oxygens (including phenoxy) is 1. The van der Waals surface area contributed by atoms with Gasteiger partial charge in [-0.3, -0.25) is 4.79 Å². The lowest BCUT2D eigenvalue weighted by atomic mass is 9.78. The summed E-state index contributed by atoms with van der Waals surface area (Å²) in [6.07, 6.45) is 4.53. The van der Waals surface area contributed by atoms with E-state index < -0.39 is 5.41 Å². The van der Waals surface area contributed by atoms with Crippen molar-refractivity contribution in [1.82, 2.24) is 0 Å². The molecule has 1 saturated heterocycles. The van der Waals surface area contributed by atoms with E-state index in [0.29, 0.717) is 19.1 Å². The van der Waals surface area contributed by atoms with Gasteiger partial charge in [-0.15, -0.1) is 0 Å². The van der Waals surface area contributed by atoms with Crippen molar-refractivity contribution in [3.63, 3.8) is 0 Å². The number of carbonyl (C=O) groups is 1. The molecule has 23 heavy (non-hydrogen) atoms. The summed E-state index contributed by atoms with van der Waals surface area (Å²) in [6.45, 7) is 10.9. The molecule has 0 amide bonds. The van der Waals surface area contributed by atoms with Crippen molar-refractivity contribution >= 4 is 13.1 Å². The van der Waals surface area contributed by atoms with Crippen molar-refractivity contribution < 1.29 is 18.8 Å². The van der Waals surface area contributed by atoms with E-state index >= 15 is 0 Å². The van der Waals surface area contributed by atoms with Crippen molar-refractivity contribution in [2.45, 2.75) is 77.8 Å². The van der Waals surface area contributed by atoms with Gasteiger partial charge in [-0.05, 0) is 66.1 Å². The second-order valence-corrected chi connectivity index (χ2v) is 8.08. The minimum absolute atomic E-state index is 0.124. The first-order valence-electron chi connectivity index (χ1n) is 8.89. The van der Waals surface area contributed by atoms with Crippen LogP contribution in [0.3, 0.4) is 0 Å². The number of nitrogens with two attached hydrogens (primary N) is 1. The molecule has 2 fully saturated rings. The highest BCUT2D eigenvalue weighted by Crippen LogP contribution is 2.45. The molecule has 2 N–H and O–H groups in total. The Morgan fingerprint density at radius 3 is 2.39 bits per heavy atom. The van der Waals surface area contributed by atoms with Crippen LogP contribution in [-0.4, -0.2) is 37.4 Å². The van der Waals surface area contributed by atoms with E-state index in [1.807, 2.05) is 6.92 Å². The fraction of sp³-hybridized carbons (Fsp3) is 0.941. The number of esters is 1. The van der Waals surface area contributed by atoms with Crippen LogP contribution in [0, 0.1) is 11.3 Å². The Kier molecular flexibility index (Phi) is 5.49. The number of hydrogen-bond acceptors (Lipinski definition) is 5. The maximum Gasteiger partial charge on any atom is 0.457 e. The van der Waals surface area contributed by atoms with Crippen molar-refractivity contribution in [2.24, 2.45) is 17.1 Å². The van der Waals surface area contributed by atoms with E-state index in [9.17, 15) is 4.79 Å². The highest BCUT2D eigenvalue weighted by molar-refractivity contribution is 6.45. The van der Waals surface area contributed by atoms with Crippen LogP contribution < -0.4 is 5.73 Å². The van der Waals surface area contributed by atoms with Gasteiger partial charge in [0.25, 0.3) is 0 Å². The summed E-state index contributed by atoms with van der Waals surface area (Å²) < 4.78 is 17.3. The SMILES string of the molecule is CCOC(=O)C1(CN)CCC(CCB2OC(C)(C)C(C)(C)O2)C1. The quantitative estimate of drug-likeness (QED) is 0.601. The summed E-state index contributed by atoms with van der Waals surface area (Å²) >= 11 is 0. The summed E-state index contributed by atoms with van der Waals surface area (Å²) in [5.41, 5.74) is 4.87. The van der Waals surface area contributed by atoms with Gasteiger partial charge in [0.2, 0.25) is 0 Å². The monoisotopic (exact) mass is 325 g/mol. The number of rotatable bonds is 6. The maximum atomic E-state index is 12.2. The highest BCUT2D eigenvalue weighted by atomic mass is 16.7. The van der Waals surface area contributed by atoms with E-state index in [1.54, 1.807) is 0 Å². The molecule has 0 spiro atoms. The minimum atomic E-state index is -0.476. The molecule has 6 heteroatoms. The van der Waals surface area contributed by atoms with Gasteiger partial charge in [0.1, 0.15) is 0 Å². The molecule has 0 bridgehead atoms. The van der Waals surface area contributed by atoms with Gasteiger partial charge in [0.15, 0.2) is 0 Å². The first-order chi connectivity index (χ1) is 10.7. The van der Waals surface area contributed by atoms with E-state index in [1.165, 1.54) is 0 Å². The lowest BCUT2D eigenvalue weighted by molar-refractivity contribution is -0.154. The first kappa shape index (κ1) is 18.7. The zero-order valence-corrected chi connectivity index (χ0v) is 15.3. The van der Waals surface area contributed by atoms with E-state index in [-0.39, 0.29) is 24.3 Å². The van der Waals surface area contributed by atoms with Gasteiger partial charge in [-0.2, -0.15) is 0 Å². The normalized spacial score (nSPS) is 32.3. The molecule has 1 aliphatic heterocycles. The van der Waals surface area contributed by atoms with Crippen molar-refractivity contribution in [2.75, 3.05) is 13.2 Å². The van der Waals surface area contributed by atoms with Crippen molar-refractivity contribution in [1.29, 1.82) is 0 Å². The molecule has 5 nitrogen and oxygen atoms in total. The molecular weight excluding hydrogens is 293 g/mol. The Morgan fingerprint density at radius 2 is 1.87 bits per heavy atom. The average molecular weight is 325 g/mol. The Hall–Kier alpha value is -0.585. The zero-order valence-electron chi connectivity index (χ0n) is 15.3. The Bertz CT molecular complexity index is 424. The van der Waals surface area contributed by atoms with Crippen LogP contribution in [0.5, 0.6) is 0 Å². The number of carbonyl (C=O) groups excluding carboxylic acids is 1. The lowest BCUT2D eigenvalue weighted by Gasteiger charge is -2.32. The Balaban J connectivity index is 1.86. The van der Waals surface area contributed by atoms with Crippen LogP contribution in [0.25, 0.3) is 0 Å². The van der Waals surface area contributed by atoms with Gasteiger partial charge >= 0.3 is 13.1 Å². The predicted molar refractivity (Wildman–Crippen MR) is 91.0 cm³/mol. The predicted octanol–water partition coefficient (Wildman–Crippen LogP) is 2.78. The zero-order chi connectivity index (χ0) is 17.3. The highest BCUT2D eigenvalue weighted by Gasteiger charge is 2.51. The van der Waals surface area contributed by atoms with E-state index in [4.69, 9.17) is 19.8 Å². The third kappa shape index (κ3) is 3.75. The fourth-order valence-electron chi connectivity index (χ4n) is 3.68. The van der Waals surface area contributed by atoms with Gasteiger partial charge in [0, 0.05) is 6.54 Å². The Morgan fingerprint density at radius 1 is 1.26 bits per heavy atom. The lowest BCUT2D eigenvalue weighted by Crippen LogP contribution is -2.41. The summed E-state index contributed by atoms with van der Waals surface area (Å²) in [5, 5.41) is 0. The summed E-state index contributed by atoms with van der Waals surface area (Å²) in [5.74, 6) is 0.364. The third-order valence-electron chi connectivity index (χ3n) is 5.92. The van der Waals surface area contributed by atoms with E-state index in [0.717, 1.165) is 32.0 Å². The molecule has 0 aromatic heterocycles. The van der Waals surface area contributed by atoms with E-state index in [2.05, 4.69) is 27.7 Å². The Labute approximate surface area is 140 Å². The summed E-state index contributed by atoms with van der Waals surface area (Å²) in [4.78, 5) is 12.2. The van der Waals surface area contributed by atoms with Crippen LogP contribution in [-0.2, 0) is 18.8 Å². The second-order valence-electron chi connectivity index (χ2n) is 8.08.